The van der Waals surface area contributed by atoms with Gasteiger partial charge in [0.05, 0.1) is 5.69 Å². The Bertz CT molecular complexity index is 1040. The van der Waals surface area contributed by atoms with Gasteiger partial charge in [-0.1, -0.05) is 52.0 Å². The minimum atomic E-state index is -0.320. The van der Waals surface area contributed by atoms with E-state index in [1.165, 1.54) is 11.6 Å². The number of nitrogens with zero attached hydrogens (tertiary/aromatic N) is 2. The Morgan fingerprint density at radius 3 is 2.39 bits per heavy atom. The molecule has 0 bridgehead atoms. The van der Waals surface area contributed by atoms with Gasteiger partial charge in [-0.2, -0.15) is 5.10 Å². The standard InChI is InChI=1S/C24H25FN2O/c1-15(2)16-9-11-17(12-10-16)27-23-20(28)13-14-24(3,4)21(23)22(26-27)18-7-5-6-8-19(18)25/h5-12,15H,13-14H2,1-4H3. The molecule has 1 aromatic heterocycles. The average molecular weight is 376 g/mol. The lowest BCUT2D eigenvalue weighted by atomic mass is 9.73. The van der Waals surface area contributed by atoms with E-state index in [1.807, 2.05) is 12.1 Å². The van der Waals surface area contributed by atoms with Gasteiger partial charge in [-0.15, -0.1) is 0 Å². The number of ketones is 1. The van der Waals surface area contributed by atoms with Crippen LogP contribution in [0, 0.1) is 5.82 Å². The van der Waals surface area contributed by atoms with Gasteiger partial charge in [0.2, 0.25) is 0 Å². The number of carbonyl (C=O) groups excluding carboxylic acids is 1. The van der Waals surface area contributed by atoms with Crippen LogP contribution < -0.4 is 0 Å². The SMILES string of the molecule is CC(C)c1ccc(-n2nc(-c3ccccc3F)c3c2C(=O)CCC3(C)C)cc1. The van der Waals surface area contributed by atoms with Crippen molar-refractivity contribution >= 4 is 5.78 Å². The molecule has 0 aliphatic heterocycles. The molecule has 3 nitrogen and oxygen atoms in total. The van der Waals surface area contributed by atoms with Crippen molar-refractivity contribution in [1.82, 2.24) is 9.78 Å². The number of hydrogen-bond donors (Lipinski definition) is 0. The number of aromatic nitrogens is 2. The van der Waals surface area contributed by atoms with Gasteiger partial charge in [-0.05, 0) is 47.6 Å². The number of carbonyl (C=O) groups is 1. The van der Waals surface area contributed by atoms with Gasteiger partial charge in [-0.3, -0.25) is 4.79 Å². The highest BCUT2D eigenvalue weighted by molar-refractivity contribution is 6.00. The lowest BCUT2D eigenvalue weighted by molar-refractivity contribution is 0.0949. The van der Waals surface area contributed by atoms with Crippen LogP contribution in [0.5, 0.6) is 0 Å². The zero-order valence-corrected chi connectivity index (χ0v) is 16.8. The summed E-state index contributed by atoms with van der Waals surface area (Å²) in [6.45, 7) is 8.51. The second-order valence-electron chi connectivity index (χ2n) is 8.52. The van der Waals surface area contributed by atoms with Crippen molar-refractivity contribution in [3.05, 3.63) is 71.2 Å². The van der Waals surface area contributed by atoms with Crippen LogP contribution in [0.25, 0.3) is 16.9 Å². The zero-order valence-electron chi connectivity index (χ0n) is 16.8. The van der Waals surface area contributed by atoms with Crippen LogP contribution >= 0.6 is 0 Å². The number of benzene rings is 2. The molecule has 0 saturated heterocycles. The topological polar surface area (TPSA) is 34.9 Å². The van der Waals surface area contributed by atoms with Gasteiger partial charge in [0.1, 0.15) is 17.2 Å². The molecule has 1 aliphatic carbocycles. The highest BCUT2D eigenvalue weighted by atomic mass is 19.1. The minimum absolute atomic E-state index is 0.0670. The van der Waals surface area contributed by atoms with Crippen molar-refractivity contribution < 1.29 is 9.18 Å². The van der Waals surface area contributed by atoms with E-state index in [4.69, 9.17) is 5.10 Å². The van der Waals surface area contributed by atoms with Gasteiger partial charge in [0, 0.05) is 17.5 Å². The number of hydrogen-bond acceptors (Lipinski definition) is 2. The molecule has 144 valence electrons. The monoisotopic (exact) mass is 376 g/mol. The highest BCUT2D eigenvalue weighted by Crippen LogP contribution is 2.43. The van der Waals surface area contributed by atoms with Crippen molar-refractivity contribution in [2.45, 2.75) is 51.9 Å². The zero-order chi connectivity index (χ0) is 20.1. The summed E-state index contributed by atoms with van der Waals surface area (Å²) >= 11 is 0. The third kappa shape index (κ3) is 2.97. The average Bonchev–Trinajstić information content (AvgIpc) is 3.08. The number of fused-ring (bicyclic) bond motifs is 1. The third-order valence-electron chi connectivity index (χ3n) is 5.74. The van der Waals surface area contributed by atoms with Gasteiger partial charge >= 0.3 is 0 Å². The normalized spacial score (nSPS) is 15.7. The third-order valence-corrected chi connectivity index (χ3v) is 5.74. The Morgan fingerprint density at radius 1 is 1.07 bits per heavy atom. The molecule has 0 spiro atoms. The van der Waals surface area contributed by atoms with Crippen LogP contribution in [0.15, 0.2) is 48.5 Å². The first-order chi connectivity index (χ1) is 13.3. The fraction of sp³-hybridized carbons (Fsp3) is 0.333. The molecule has 4 rings (SSSR count). The van der Waals surface area contributed by atoms with E-state index in [0.717, 1.165) is 17.7 Å². The first-order valence-corrected chi connectivity index (χ1v) is 9.81. The maximum Gasteiger partial charge on any atom is 0.181 e. The summed E-state index contributed by atoms with van der Waals surface area (Å²) < 4.78 is 16.3. The van der Waals surface area contributed by atoms with Gasteiger partial charge in [0.25, 0.3) is 0 Å². The predicted octanol–water partition coefficient (Wildman–Crippen LogP) is 6.06. The largest absolute Gasteiger partial charge is 0.292 e. The van der Waals surface area contributed by atoms with E-state index in [2.05, 4.69) is 39.8 Å². The van der Waals surface area contributed by atoms with E-state index >= 15 is 0 Å². The molecule has 1 aliphatic rings. The van der Waals surface area contributed by atoms with Crippen molar-refractivity contribution in [2.75, 3.05) is 0 Å². The molecule has 0 unspecified atom stereocenters. The highest BCUT2D eigenvalue weighted by Gasteiger charge is 2.39. The summed E-state index contributed by atoms with van der Waals surface area (Å²) in [7, 11) is 0. The van der Waals surface area contributed by atoms with Crippen molar-refractivity contribution in [2.24, 2.45) is 0 Å². The summed E-state index contributed by atoms with van der Waals surface area (Å²) in [4.78, 5) is 12.9. The lowest BCUT2D eigenvalue weighted by Crippen LogP contribution is -2.28. The smallest absolute Gasteiger partial charge is 0.181 e. The minimum Gasteiger partial charge on any atom is -0.292 e. The molecule has 0 radical (unpaired) electrons. The number of halogens is 1. The molecule has 2 aromatic carbocycles. The predicted molar refractivity (Wildman–Crippen MR) is 110 cm³/mol. The van der Waals surface area contributed by atoms with Crippen LogP contribution in [-0.4, -0.2) is 15.6 Å². The van der Waals surface area contributed by atoms with Crippen LogP contribution in [0.2, 0.25) is 0 Å². The Hall–Kier alpha value is -2.75. The van der Waals surface area contributed by atoms with Crippen molar-refractivity contribution in [1.29, 1.82) is 0 Å². The van der Waals surface area contributed by atoms with Gasteiger partial charge < -0.3 is 0 Å². The van der Waals surface area contributed by atoms with Crippen LogP contribution in [0.1, 0.15) is 68.1 Å². The molecular weight excluding hydrogens is 351 g/mol. The molecule has 1 heterocycles. The quantitative estimate of drug-likeness (QED) is 0.557. The van der Waals surface area contributed by atoms with Crippen LogP contribution in [-0.2, 0) is 5.41 Å². The fourth-order valence-corrected chi connectivity index (χ4v) is 4.02. The molecule has 0 amide bonds. The summed E-state index contributed by atoms with van der Waals surface area (Å²) in [6.07, 6.45) is 1.21. The van der Waals surface area contributed by atoms with E-state index in [-0.39, 0.29) is 17.0 Å². The summed E-state index contributed by atoms with van der Waals surface area (Å²) in [5, 5.41) is 4.77. The Morgan fingerprint density at radius 2 is 1.75 bits per heavy atom. The molecule has 28 heavy (non-hydrogen) atoms. The Kier molecular flexibility index (Phi) is 4.45. The van der Waals surface area contributed by atoms with Crippen LogP contribution in [0.3, 0.4) is 0 Å². The maximum absolute atomic E-state index is 14.6. The first kappa shape index (κ1) is 18.6. The summed E-state index contributed by atoms with van der Waals surface area (Å²) in [6, 6.07) is 14.8. The van der Waals surface area contributed by atoms with E-state index < -0.39 is 0 Å². The molecule has 3 aromatic rings. The first-order valence-electron chi connectivity index (χ1n) is 9.81. The summed E-state index contributed by atoms with van der Waals surface area (Å²) in [5.41, 5.74) is 4.25. The van der Waals surface area contributed by atoms with E-state index in [1.54, 1.807) is 22.9 Å². The number of rotatable bonds is 3. The van der Waals surface area contributed by atoms with Crippen molar-refractivity contribution in [3.8, 4) is 16.9 Å². The molecule has 0 atom stereocenters. The fourth-order valence-electron chi connectivity index (χ4n) is 4.02. The van der Waals surface area contributed by atoms with E-state index in [0.29, 0.717) is 29.3 Å². The molecular formula is C24H25FN2O. The van der Waals surface area contributed by atoms with Crippen molar-refractivity contribution in [3.63, 3.8) is 0 Å². The lowest BCUT2D eigenvalue weighted by Gasteiger charge is -2.30. The van der Waals surface area contributed by atoms with Gasteiger partial charge in [-0.25, -0.2) is 9.07 Å². The summed E-state index contributed by atoms with van der Waals surface area (Å²) in [5.74, 6) is 0.173. The molecule has 0 saturated carbocycles. The number of Topliss-reactive ketones (excluding diaryl/α,β-unsaturated/α-hetero) is 1. The second kappa shape index (κ2) is 6.69. The van der Waals surface area contributed by atoms with Crippen LogP contribution in [0.4, 0.5) is 4.39 Å². The Balaban J connectivity index is 1.98. The second-order valence-corrected chi connectivity index (χ2v) is 8.52. The molecule has 0 N–H and O–H groups in total. The molecule has 0 fully saturated rings. The maximum atomic E-state index is 14.6. The van der Waals surface area contributed by atoms with Gasteiger partial charge in [0.15, 0.2) is 5.78 Å². The molecule has 4 heteroatoms. The van der Waals surface area contributed by atoms with E-state index in [9.17, 15) is 9.18 Å². The Labute approximate surface area is 165 Å².